The number of rotatable bonds is 9. The van der Waals surface area contributed by atoms with E-state index in [0.717, 1.165) is 24.2 Å². The lowest BCUT2D eigenvalue weighted by Gasteiger charge is -2.29. The van der Waals surface area contributed by atoms with Gasteiger partial charge in [0, 0.05) is 18.5 Å². The van der Waals surface area contributed by atoms with Crippen LogP contribution >= 0.6 is 0 Å². The molecule has 0 unspecified atom stereocenters. The number of nitrogens with zero attached hydrogens (tertiary/aromatic N) is 2. The largest absolute Gasteiger partial charge is 0.503 e. The van der Waals surface area contributed by atoms with Crippen LogP contribution in [0.3, 0.4) is 0 Å². The summed E-state index contributed by atoms with van der Waals surface area (Å²) in [5.74, 6) is -1.03. The van der Waals surface area contributed by atoms with Gasteiger partial charge in [-0.15, -0.1) is 0 Å². The molecule has 1 aliphatic heterocycles. The molecule has 7 nitrogen and oxygen atoms in total. The summed E-state index contributed by atoms with van der Waals surface area (Å²) in [6, 6.07) is 14.0. The van der Waals surface area contributed by atoms with E-state index in [1.807, 2.05) is 43.3 Å². The number of hydrogen-bond donors (Lipinski definition) is 1. The fourth-order valence-corrected chi connectivity index (χ4v) is 4.44. The molecule has 1 N–H and O–H groups in total. The quantitative estimate of drug-likeness (QED) is 0.465. The number of carbonyl (C=O) groups is 2. The van der Waals surface area contributed by atoms with Gasteiger partial charge in [0.2, 0.25) is 5.78 Å². The Hall–Kier alpha value is -3.58. The normalized spacial score (nSPS) is 16.2. The summed E-state index contributed by atoms with van der Waals surface area (Å²) >= 11 is 0. The topological polar surface area (TPSA) is 83.2 Å². The lowest BCUT2D eigenvalue weighted by atomic mass is 9.94. The number of fused-ring (bicyclic) bond motifs is 1. The first kappa shape index (κ1) is 23.6. The molecule has 2 aromatic carbocycles. The molecule has 1 atom stereocenters. The molecule has 1 aliphatic rings. The van der Waals surface area contributed by atoms with E-state index in [1.54, 1.807) is 17.0 Å². The number of aliphatic hydroxyl groups is 1. The zero-order valence-corrected chi connectivity index (χ0v) is 20.0. The third-order valence-corrected chi connectivity index (χ3v) is 6.44. The smallest absolute Gasteiger partial charge is 0.290 e. The van der Waals surface area contributed by atoms with Crippen LogP contribution in [0.1, 0.15) is 41.6 Å². The van der Waals surface area contributed by atoms with Crippen molar-refractivity contribution in [1.29, 1.82) is 0 Å². The van der Waals surface area contributed by atoms with Crippen LogP contribution in [0, 0.1) is 6.92 Å². The van der Waals surface area contributed by atoms with Gasteiger partial charge in [-0.3, -0.25) is 9.59 Å². The molecule has 0 saturated carbocycles. The Morgan fingerprint density at radius 1 is 1.15 bits per heavy atom. The fraction of sp³-hybridized carbons (Fsp3) is 0.333. The standard InChI is InChI=1S/C27H30N2O5/c1-5-28(6-2)14-15-29-23(18-12-10-17(3)11-13-18)22(25(31)27(29)32)24(30)21-16-19-8-7-9-20(33-4)26(19)34-21/h7-13,16,23,31H,5-6,14-15H2,1-4H3/t23-/m1/s1. The molecule has 0 fully saturated rings. The minimum absolute atomic E-state index is 0.0337. The molecule has 0 aliphatic carbocycles. The Kier molecular flexibility index (Phi) is 6.75. The van der Waals surface area contributed by atoms with Crippen LogP contribution in [-0.4, -0.2) is 59.9 Å². The van der Waals surface area contributed by atoms with Crippen molar-refractivity contribution in [3.63, 3.8) is 0 Å². The number of aryl methyl sites for hydroxylation is 1. The number of furan rings is 1. The first-order chi connectivity index (χ1) is 16.4. The first-order valence-electron chi connectivity index (χ1n) is 11.5. The predicted molar refractivity (Wildman–Crippen MR) is 130 cm³/mol. The van der Waals surface area contributed by atoms with Gasteiger partial charge in [0.1, 0.15) is 0 Å². The fourth-order valence-electron chi connectivity index (χ4n) is 4.44. The first-order valence-corrected chi connectivity index (χ1v) is 11.5. The predicted octanol–water partition coefficient (Wildman–Crippen LogP) is 4.67. The van der Waals surface area contributed by atoms with Crippen molar-refractivity contribution < 1.29 is 23.8 Å². The molecule has 3 aromatic rings. The van der Waals surface area contributed by atoms with Crippen LogP contribution in [0.25, 0.3) is 11.0 Å². The van der Waals surface area contributed by atoms with E-state index in [-0.39, 0.29) is 11.3 Å². The summed E-state index contributed by atoms with van der Waals surface area (Å²) in [5.41, 5.74) is 2.31. The second kappa shape index (κ2) is 9.73. The number of benzene rings is 2. The lowest BCUT2D eigenvalue weighted by Crippen LogP contribution is -2.38. The van der Waals surface area contributed by atoms with Gasteiger partial charge in [-0.05, 0) is 37.7 Å². The molecule has 0 saturated heterocycles. The van der Waals surface area contributed by atoms with Crippen LogP contribution in [-0.2, 0) is 4.79 Å². The Morgan fingerprint density at radius 3 is 2.50 bits per heavy atom. The maximum atomic E-state index is 13.7. The summed E-state index contributed by atoms with van der Waals surface area (Å²) in [5, 5.41) is 11.6. The number of aliphatic hydroxyl groups excluding tert-OH is 1. The highest BCUT2D eigenvalue weighted by Gasteiger charge is 2.44. The van der Waals surface area contributed by atoms with Crippen molar-refractivity contribution in [2.75, 3.05) is 33.3 Å². The summed E-state index contributed by atoms with van der Waals surface area (Å²) in [4.78, 5) is 30.6. The van der Waals surface area contributed by atoms with E-state index in [2.05, 4.69) is 18.7 Å². The molecular formula is C27H30N2O5. The second-order valence-electron chi connectivity index (χ2n) is 8.42. The molecule has 4 rings (SSSR count). The number of Topliss-reactive ketones (excluding diaryl/α,β-unsaturated/α-hetero) is 1. The molecule has 0 radical (unpaired) electrons. The Morgan fingerprint density at radius 2 is 1.85 bits per heavy atom. The van der Waals surface area contributed by atoms with Gasteiger partial charge >= 0.3 is 0 Å². The maximum Gasteiger partial charge on any atom is 0.290 e. The van der Waals surface area contributed by atoms with Gasteiger partial charge in [-0.2, -0.15) is 0 Å². The van der Waals surface area contributed by atoms with E-state index >= 15 is 0 Å². The number of carbonyl (C=O) groups excluding carboxylic acids is 2. The van der Waals surface area contributed by atoms with Gasteiger partial charge in [0.25, 0.3) is 5.91 Å². The number of ether oxygens (including phenoxy) is 1. The van der Waals surface area contributed by atoms with E-state index in [1.165, 1.54) is 7.11 Å². The van der Waals surface area contributed by atoms with Gasteiger partial charge in [-0.1, -0.05) is 55.8 Å². The van der Waals surface area contributed by atoms with Crippen LogP contribution in [0.2, 0.25) is 0 Å². The van der Waals surface area contributed by atoms with E-state index < -0.39 is 23.5 Å². The Labute approximate surface area is 199 Å². The van der Waals surface area contributed by atoms with E-state index in [9.17, 15) is 14.7 Å². The zero-order valence-electron chi connectivity index (χ0n) is 20.0. The van der Waals surface area contributed by atoms with Gasteiger partial charge in [-0.25, -0.2) is 0 Å². The molecule has 0 bridgehead atoms. The van der Waals surface area contributed by atoms with Gasteiger partial charge in [0.05, 0.1) is 18.7 Å². The van der Waals surface area contributed by atoms with Crippen molar-refractivity contribution in [2.45, 2.75) is 26.8 Å². The molecule has 178 valence electrons. The average Bonchev–Trinajstić information content (AvgIpc) is 3.39. The third-order valence-electron chi connectivity index (χ3n) is 6.44. The van der Waals surface area contributed by atoms with E-state index in [4.69, 9.17) is 9.15 Å². The van der Waals surface area contributed by atoms with Gasteiger partial charge < -0.3 is 24.1 Å². The maximum absolute atomic E-state index is 13.7. The number of likely N-dealkylation sites (N-methyl/N-ethyl adjacent to an activating group) is 1. The molecule has 34 heavy (non-hydrogen) atoms. The van der Waals surface area contributed by atoms with E-state index in [0.29, 0.717) is 29.8 Å². The minimum Gasteiger partial charge on any atom is -0.503 e. The zero-order chi connectivity index (χ0) is 24.4. The van der Waals surface area contributed by atoms with Crippen molar-refractivity contribution in [3.05, 3.63) is 76.8 Å². The molecule has 1 aromatic heterocycles. The third kappa shape index (κ3) is 4.19. The SMILES string of the molecule is CCN(CC)CCN1C(=O)C(O)=C(C(=O)c2cc3cccc(OC)c3o2)[C@H]1c1ccc(C)cc1. The monoisotopic (exact) mass is 462 g/mol. The highest BCUT2D eigenvalue weighted by molar-refractivity contribution is 6.16. The summed E-state index contributed by atoms with van der Waals surface area (Å²) in [7, 11) is 1.53. The van der Waals surface area contributed by atoms with Crippen molar-refractivity contribution in [2.24, 2.45) is 0 Å². The Bertz CT molecular complexity index is 1240. The second-order valence-corrected chi connectivity index (χ2v) is 8.42. The molecular weight excluding hydrogens is 432 g/mol. The number of methoxy groups -OCH3 is 1. The highest BCUT2D eigenvalue weighted by atomic mass is 16.5. The minimum atomic E-state index is -0.703. The van der Waals surface area contributed by atoms with Crippen molar-refractivity contribution >= 4 is 22.7 Å². The van der Waals surface area contributed by atoms with Crippen molar-refractivity contribution in [1.82, 2.24) is 9.80 Å². The number of ketones is 1. The number of para-hydroxylation sites is 1. The lowest BCUT2D eigenvalue weighted by molar-refractivity contribution is -0.129. The summed E-state index contributed by atoms with van der Waals surface area (Å²) in [6.45, 7) is 8.81. The van der Waals surface area contributed by atoms with Crippen molar-refractivity contribution in [3.8, 4) is 5.75 Å². The number of amides is 1. The van der Waals surface area contributed by atoms with Gasteiger partial charge in [0.15, 0.2) is 22.9 Å². The van der Waals surface area contributed by atoms with Crippen LogP contribution in [0.5, 0.6) is 5.75 Å². The molecule has 7 heteroatoms. The summed E-state index contributed by atoms with van der Waals surface area (Å²) < 4.78 is 11.2. The Balaban J connectivity index is 1.76. The van der Waals surface area contributed by atoms with Crippen LogP contribution in [0.4, 0.5) is 0 Å². The summed E-state index contributed by atoms with van der Waals surface area (Å²) in [6.07, 6.45) is 0. The highest BCUT2D eigenvalue weighted by Crippen LogP contribution is 2.40. The average molecular weight is 463 g/mol. The molecule has 2 heterocycles. The van der Waals surface area contributed by atoms with Crippen LogP contribution in [0.15, 0.2) is 64.3 Å². The molecule has 0 spiro atoms. The van der Waals surface area contributed by atoms with Crippen LogP contribution < -0.4 is 4.74 Å². The number of hydrogen-bond acceptors (Lipinski definition) is 6. The molecule has 1 amide bonds.